The Balaban J connectivity index is 2.15. The van der Waals surface area contributed by atoms with Gasteiger partial charge >= 0.3 is 6.18 Å². The SMILES string of the molecule is CCCCN1C(=O)[C@](NC(=O)C2CC2)(C(F)(F)F)C2=C1CC(C)(C)CC2=O. The maximum atomic E-state index is 14.3. The van der Waals surface area contributed by atoms with Gasteiger partial charge < -0.3 is 10.2 Å². The molecule has 1 atom stereocenters. The number of nitrogens with zero attached hydrogens (tertiary/aromatic N) is 1. The summed E-state index contributed by atoms with van der Waals surface area (Å²) in [4.78, 5) is 39.2. The Labute approximate surface area is 156 Å². The summed E-state index contributed by atoms with van der Waals surface area (Å²) in [5.74, 6) is -3.26. The van der Waals surface area contributed by atoms with E-state index in [1.54, 1.807) is 13.8 Å². The van der Waals surface area contributed by atoms with Crippen molar-refractivity contribution in [3.05, 3.63) is 11.3 Å². The molecule has 0 saturated heterocycles. The highest BCUT2D eigenvalue weighted by atomic mass is 19.4. The number of amides is 2. The second kappa shape index (κ2) is 6.34. The molecular weight excluding hydrogens is 361 g/mol. The van der Waals surface area contributed by atoms with Gasteiger partial charge in [-0.3, -0.25) is 14.4 Å². The quantitative estimate of drug-likeness (QED) is 0.790. The molecule has 150 valence electrons. The van der Waals surface area contributed by atoms with E-state index in [0.29, 0.717) is 25.7 Å². The Bertz CT molecular complexity index is 722. The molecule has 0 bridgehead atoms. The lowest BCUT2D eigenvalue weighted by Crippen LogP contribution is -2.66. The number of halogens is 3. The number of carbonyl (C=O) groups is 3. The molecule has 0 aromatic rings. The van der Waals surface area contributed by atoms with Gasteiger partial charge in [-0.05, 0) is 31.1 Å². The van der Waals surface area contributed by atoms with Crippen molar-refractivity contribution in [1.29, 1.82) is 0 Å². The number of nitrogens with one attached hydrogen (secondary N) is 1. The first-order valence-electron chi connectivity index (χ1n) is 9.42. The van der Waals surface area contributed by atoms with Crippen molar-refractivity contribution in [3.8, 4) is 0 Å². The Hall–Kier alpha value is -1.86. The van der Waals surface area contributed by atoms with Gasteiger partial charge in [0.1, 0.15) is 0 Å². The molecule has 1 fully saturated rings. The van der Waals surface area contributed by atoms with Crippen molar-refractivity contribution < 1.29 is 27.6 Å². The summed E-state index contributed by atoms with van der Waals surface area (Å²) in [6.07, 6.45) is -2.77. The van der Waals surface area contributed by atoms with Gasteiger partial charge in [0.05, 0.1) is 5.57 Å². The molecule has 0 radical (unpaired) electrons. The van der Waals surface area contributed by atoms with Gasteiger partial charge in [-0.15, -0.1) is 0 Å². The summed E-state index contributed by atoms with van der Waals surface area (Å²) in [7, 11) is 0. The average Bonchev–Trinajstić information content (AvgIpc) is 3.32. The number of ketones is 1. The van der Waals surface area contributed by atoms with Crippen LogP contribution in [0.5, 0.6) is 0 Å². The zero-order valence-electron chi connectivity index (χ0n) is 15.8. The van der Waals surface area contributed by atoms with Crippen molar-refractivity contribution in [2.24, 2.45) is 11.3 Å². The third-order valence-corrected chi connectivity index (χ3v) is 5.54. The summed E-state index contributed by atoms with van der Waals surface area (Å²) in [6, 6.07) is 0. The van der Waals surface area contributed by atoms with Gasteiger partial charge in [-0.25, -0.2) is 0 Å². The summed E-state index contributed by atoms with van der Waals surface area (Å²) < 4.78 is 42.9. The number of hydrogen-bond donors (Lipinski definition) is 1. The van der Waals surface area contributed by atoms with E-state index in [2.05, 4.69) is 0 Å². The summed E-state index contributed by atoms with van der Waals surface area (Å²) >= 11 is 0. The minimum Gasteiger partial charge on any atom is -0.330 e. The standard InChI is InChI=1S/C19H25F3N2O3/c1-4-5-8-24-12-9-17(2,3)10-13(25)14(12)18(16(24)27,19(20,21)22)23-15(26)11-6-7-11/h11H,4-10H2,1-3H3,(H,23,26)/t18-/m0/s1. The molecule has 2 aliphatic carbocycles. The minimum atomic E-state index is -5.09. The summed E-state index contributed by atoms with van der Waals surface area (Å²) in [5, 5.41) is 1.97. The predicted octanol–water partition coefficient (Wildman–Crippen LogP) is 3.10. The molecule has 1 heterocycles. The Morgan fingerprint density at radius 3 is 2.37 bits per heavy atom. The molecule has 1 N–H and O–H groups in total. The highest BCUT2D eigenvalue weighted by Crippen LogP contribution is 2.52. The van der Waals surface area contributed by atoms with Crippen molar-refractivity contribution in [2.75, 3.05) is 6.54 Å². The van der Waals surface area contributed by atoms with Gasteiger partial charge in [0.2, 0.25) is 11.4 Å². The monoisotopic (exact) mass is 386 g/mol. The molecule has 3 aliphatic rings. The van der Waals surface area contributed by atoms with E-state index < -0.39 is 46.2 Å². The molecule has 0 unspecified atom stereocenters. The molecule has 0 aromatic heterocycles. The molecule has 2 amide bonds. The molecular formula is C19H25F3N2O3. The van der Waals surface area contributed by atoms with Crippen LogP contribution in [0.15, 0.2) is 11.3 Å². The fraction of sp³-hybridized carbons (Fsp3) is 0.737. The Morgan fingerprint density at radius 2 is 1.85 bits per heavy atom. The van der Waals surface area contributed by atoms with Gasteiger partial charge in [0, 0.05) is 24.6 Å². The van der Waals surface area contributed by atoms with Crippen molar-refractivity contribution in [3.63, 3.8) is 0 Å². The van der Waals surface area contributed by atoms with E-state index in [1.165, 1.54) is 0 Å². The van der Waals surface area contributed by atoms with E-state index in [9.17, 15) is 27.6 Å². The Kier molecular flexibility index (Phi) is 4.67. The fourth-order valence-corrected chi connectivity index (χ4v) is 4.01. The highest BCUT2D eigenvalue weighted by molar-refractivity contribution is 6.13. The number of carbonyl (C=O) groups excluding carboxylic acids is 3. The normalized spacial score (nSPS) is 27.9. The van der Waals surface area contributed by atoms with Crippen molar-refractivity contribution in [1.82, 2.24) is 10.2 Å². The number of Topliss-reactive ketones (excluding diaryl/α,β-unsaturated/α-hetero) is 1. The number of alkyl halides is 3. The summed E-state index contributed by atoms with van der Waals surface area (Å²) in [6.45, 7) is 5.58. The molecule has 0 spiro atoms. The minimum absolute atomic E-state index is 0.0855. The van der Waals surface area contributed by atoms with Crippen LogP contribution in [0.2, 0.25) is 0 Å². The van der Waals surface area contributed by atoms with Crippen LogP contribution in [-0.2, 0) is 14.4 Å². The van der Waals surface area contributed by atoms with Crippen LogP contribution in [-0.4, -0.2) is 40.8 Å². The largest absolute Gasteiger partial charge is 0.425 e. The molecule has 1 saturated carbocycles. The van der Waals surface area contributed by atoms with Crippen molar-refractivity contribution >= 4 is 17.6 Å². The predicted molar refractivity (Wildman–Crippen MR) is 91.3 cm³/mol. The van der Waals surface area contributed by atoms with Crippen LogP contribution in [0.1, 0.15) is 59.3 Å². The van der Waals surface area contributed by atoms with Gasteiger partial charge in [-0.1, -0.05) is 27.2 Å². The number of allylic oxidation sites excluding steroid dienone is 1. The first-order chi connectivity index (χ1) is 12.4. The van der Waals surface area contributed by atoms with Crippen LogP contribution < -0.4 is 5.32 Å². The molecule has 0 aromatic carbocycles. The van der Waals surface area contributed by atoms with Crippen molar-refractivity contribution in [2.45, 2.75) is 71.0 Å². The first-order valence-corrected chi connectivity index (χ1v) is 9.42. The van der Waals surface area contributed by atoms with E-state index in [4.69, 9.17) is 0 Å². The van der Waals surface area contributed by atoms with E-state index >= 15 is 0 Å². The van der Waals surface area contributed by atoms with E-state index in [0.717, 1.165) is 4.90 Å². The second-order valence-electron chi connectivity index (χ2n) is 8.58. The van der Waals surface area contributed by atoms with Crippen LogP contribution in [0.3, 0.4) is 0 Å². The first kappa shape index (κ1) is 19.9. The third kappa shape index (κ3) is 3.17. The fourth-order valence-electron chi connectivity index (χ4n) is 4.01. The Morgan fingerprint density at radius 1 is 1.22 bits per heavy atom. The second-order valence-corrected chi connectivity index (χ2v) is 8.58. The molecule has 1 aliphatic heterocycles. The zero-order chi connectivity index (χ0) is 20.2. The van der Waals surface area contributed by atoms with Gasteiger partial charge in [0.25, 0.3) is 5.91 Å². The van der Waals surface area contributed by atoms with Crippen LogP contribution in [0.4, 0.5) is 13.2 Å². The maximum absolute atomic E-state index is 14.3. The molecule has 5 nitrogen and oxygen atoms in total. The lowest BCUT2D eigenvalue weighted by molar-refractivity contribution is -0.194. The van der Waals surface area contributed by atoms with E-state index in [1.807, 2.05) is 12.2 Å². The maximum Gasteiger partial charge on any atom is 0.425 e. The average molecular weight is 386 g/mol. The van der Waals surface area contributed by atoms with E-state index in [-0.39, 0.29) is 25.1 Å². The summed E-state index contributed by atoms with van der Waals surface area (Å²) in [5.41, 5.74) is -4.22. The van der Waals surface area contributed by atoms with Crippen LogP contribution >= 0.6 is 0 Å². The van der Waals surface area contributed by atoms with Gasteiger partial charge in [0.15, 0.2) is 5.78 Å². The number of unbranched alkanes of at least 4 members (excludes halogenated alkanes) is 1. The molecule has 27 heavy (non-hydrogen) atoms. The third-order valence-electron chi connectivity index (χ3n) is 5.54. The topological polar surface area (TPSA) is 66.5 Å². The lowest BCUT2D eigenvalue weighted by atomic mass is 9.72. The number of rotatable bonds is 5. The van der Waals surface area contributed by atoms with Crippen LogP contribution in [0, 0.1) is 11.3 Å². The zero-order valence-corrected chi connectivity index (χ0v) is 15.8. The van der Waals surface area contributed by atoms with Crippen LogP contribution in [0.25, 0.3) is 0 Å². The molecule has 8 heteroatoms. The highest BCUT2D eigenvalue weighted by Gasteiger charge is 2.71. The lowest BCUT2D eigenvalue weighted by Gasteiger charge is -2.35. The molecule has 3 rings (SSSR count). The number of hydrogen-bond acceptors (Lipinski definition) is 3. The smallest absolute Gasteiger partial charge is 0.330 e. The van der Waals surface area contributed by atoms with Gasteiger partial charge in [-0.2, -0.15) is 13.2 Å².